The first kappa shape index (κ1) is 17.0. The van der Waals surface area contributed by atoms with Crippen molar-refractivity contribution < 1.29 is 14.6 Å². The maximum atomic E-state index is 12.0. The molecule has 2 N–H and O–H groups in total. The second-order valence-electron chi connectivity index (χ2n) is 4.81. The zero-order valence-corrected chi connectivity index (χ0v) is 13.7. The summed E-state index contributed by atoms with van der Waals surface area (Å²) in [4.78, 5) is 12.8. The van der Waals surface area contributed by atoms with Crippen LogP contribution in [0.3, 0.4) is 0 Å². The highest BCUT2D eigenvalue weighted by molar-refractivity contribution is 7.19. The second-order valence-corrected chi connectivity index (χ2v) is 5.93. The highest BCUT2D eigenvalue weighted by Gasteiger charge is 2.10. The Morgan fingerprint density at radius 1 is 1.52 bits per heavy atom. The molecular weight excluding hydrogens is 312 g/mol. The van der Waals surface area contributed by atoms with E-state index in [9.17, 15) is 15.2 Å². The van der Waals surface area contributed by atoms with Crippen LogP contribution < -0.4 is 5.32 Å². The molecular formula is C17H18N2O3S. The van der Waals surface area contributed by atoms with Crippen LogP contribution >= 0.6 is 11.3 Å². The molecule has 0 saturated heterocycles. The number of phenolic OH excluding ortho intramolecular Hbond substituents is 1. The Labute approximate surface area is 138 Å². The predicted octanol–water partition coefficient (Wildman–Crippen LogP) is 3.06. The number of hydrogen-bond donors (Lipinski definition) is 2. The number of ether oxygens (including phenoxy) is 1. The van der Waals surface area contributed by atoms with Crippen molar-refractivity contribution in [2.45, 2.75) is 13.3 Å². The van der Waals surface area contributed by atoms with Gasteiger partial charge in [0.05, 0.1) is 0 Å². The van der Waals surface area contributed by atoms with Crippen molar-refractivity contribution in [1.29, 1.82) is 5.26 Å². The third-order valence-corrected chi connectivity index (χ3v) is 4.21. The van der Waals surface area contributed by atoms with Crippen molar-refractivity contribution in [3.63, 3.8) is 0 Å². The topological polar surface area (TPSA) is 82.3 Å². The minimum atomic E-state index is -0.398. The van der Waals surface area contributed by atoms with E-state index in [0.717, 1.165) is 15.0 Å². The van der Waals surface area contributed by atoms with E-state index in [4.69, 9.17) is 4.74 Å². The highest BCUT2D eigenvalue weighted by atomic mass is 32.1. The lowest BCUT2D eigenvalue weighted by Gasteiger charge is -2.04. The number of amides is 1. The molecule has 1 amide bonds. The molecule has 0 aliphatic carbocycles. The fraction of sp³-hybridized carbons (Fsp3) is 0.294. The van der Waals surface area contributed by atoms with Crippen molar-refractivity contribution in [1.82, 2.24) is 5.32 Å². The van der Waals surface area contributed by atoms with Gasteiger partial charge < -0.3 is 15.2 Å². The summed E-state index contributed by atoms with van der Waals surface area (Å²) in [5.41, 5.74) is 0.0486. The van der Waals surface area contributed by atoms with E-state index in [1.165, 1.54) is 11.3 Å². The Morgan fingerprint density at radius 2 is 2.35 bits per heavy atom. The van der Waals surface area contributed by atoms with Gasteiger partial charge in [-0.15, -0.1) is 11.3 Å². The number of hydrogen-bond acceptors (Lipinski definition) is 5. The number of nitriles is 1. The van der Waals surface area contributed by atoms with E-state index in [0.29, 0.717) is 26.2 Å². The van der Waals surface area contributed by atoms with E-state index < -0.39 is 5.91 Å². The fourth-order valence-corrected chi connectivity index (χ4v) is 3.07. The predicted molar refractivity (Wildman–Crippen MR) is 91.2 cm³/mol. The van der Waals surface area contributed by atoms with Crippen LogP contribution in [-0.2, 0) is 9.53 Å². The number of rotatable bonds is 7. The zero-order chi connectivity index (χ0) is 16.7. The summed E-state index contributed by atoms with van der Waals surface area (Å²) < 4.78 is 6.10. The maximum Gasteiger partial charge on any atom is 0.261 e. The summed E-state index contributed by atoms with van der Waals surface area (Å²) in [5.74, 6) is -0.206. The number of benzene rings is 1. The molecule has 0 spiro atoms. The number of nitrogens with one attached hydrogen (secondary N) is 1. The molecule has 0 saturated carbocycles. The van der Waals surface area contributed by atoms with Crippen LogP contribution in [0.4, 0.5) is 0 Å². The lowest BCUT2D eigenvalue weighted by Crippen LogP contribution is -2.26. The van der Waals surface area contributed by atoms with E-state index in [1.807, 2.05) is 19.1 Å². The van der Waals surface area contributed by atoms with Gasteiger partial charge in [-0.25, -0.2) is 0 Å². The molecule has 120 valence electrons. The first-order chi connectivity index (χ1) is 11.2. The molecule has 0 fully saturated rings. The molecule has 6 heteroatoms. The van der Waals surface area contributed by atoms with Crippen molar-refractivity contribution in [3.05, 3.63) is 34.7 Å². The first-order valence-electron chi connectivity index (χ1n) is 7.35. The van der Waals surface area contributed by atoms with Crippen LogP contribution in [0.1, 0.15) is 18.2 Å². The molecule has 2 aromatic rings. The number of carbonyl (C=O) groups is 1. The van der Waals surface area contributed by atoms with Crippen molar-refractivity contribution >= 4 is 33.4 Å². The third kappa shape index (κ3) is 4.55. The highest BCUT2D eigenvalue weighted by Crippen LogP contribution is 2.32. The number of fused-ring (bicyclic) bond motifs is 1. The molecule has 5 nitrogen and oxygen atoms in total. The molecule has 1 aromatic heterocycles. The molecule has 0 bridgehead atoms. The second kappa shape index (κ2) is 8.32. The minimum absolute atomic E-state index is 0.0486. The zero-order valence-electron chi connectivity index (χ0n) is 12.8. The summed E-state index contributed by atoms with van der Waals surface area (Å²) in [7, 11) is 0. The lowest BCUT2D eigenvalue weighted by atomic mass is 10.2. The number of nitrogens with zero attached hydrogens (tertiary/aromatic N) is 1. The van der Waals surface area contributed by atoms with Crippen LogP contribution in [0.25, 0.3) is 16.2 Å². The number of carbonyl (C=O) groups excluding carboxylic acids is 1. The Morgan fingerprint density at radius 3 is 3.04 bits per heavy atom. The molecule has 1 aromatic carbocycles. The molecule has 0 atom stereocenters. The number of thiophene rings is 1. The molecule has 0 aliphatic rings. The van der Waals surface area contributed by atoms with Gasteiger partial charge >= 0.3 is 0 Å². The van der Waals surface area contributed by atoms with Crippen molar-refractivity contribution in [2.75, 3.05) is 19.8 Å². The van der Waals surface area contributed by atoms with Gasteiger partial charge in [-0.2, -0.15) is 5.26 Å². The van der Waals surface area contributed by atoms with Crippen molar-refractivity contribution in [2.24, 2.45) is 0 Å². The van der Waals surface area contributed by atoms with Gasteiger partial charge in [-0.3, -0.25) is 4.79 Å². The van der Waals surface area contributed by atoms with Gasteiger partial charge in [-0.05, 0) is 37.6 Å². The fourth-order valence-electron chi connectivity index (χ4n) is 2.04. The van der Waals surface area contributed by atoms with Crippen LogP contribution in [0.2, 0.25) is 0 Å². The molecule has 0 radical (unpaired) electrons. The molecule has 23 heavy (non-hydrogen) atoms. The Hall–Kier alpha value is -2.36. The number of phenols is 1. The number of aromatic hydroxyl groups is 1. The average molecular weight is 330 g/mol. The van der Waals surface area contributed by atoms with Crippen LogP contribution in [0, 0.1) is 11.3 Å². The van der Waals surface area contributed by atoms with Gasteiger partial charge in [0.25, 0.3) is 5.91 Å². The molecule has 2 rings (SSSR count). The quantitative estimate of drug-likeness (QED) is 0.464. The maximum absolute atomic E-state index is 12.0. The Balaban J connectivity index is 2.06. The van der Waals surface area contributed by atoms with E-state index in [1.54, 1.807) is 24.3 Å². The average Bonchev–Trinajstić information content (AvgIpc) is 2.96. The summed E-state index contributed by atoms with van der Waals surface area (Å²) in [5, 5.41) is 22.4. The SMILES string of the molecule is CCOCCCNC(=O)/C(C#N)=C\c1cc2c(O)cccc2s1. The van der Waals surface area contributed by atoms with Gasteiger partial charge in [0.1, 0.15) is 17.4 Å². The molecule has 1 heterocycles. The van der Waals surface area contributed by atoms with Gasteiger partial charge in [0.15, 0.2) is 0 Å². The van der Waals surface area contributed by atoms with Crippen LogP contribution in [0.15, 0.2) is 29.8 Å². The summed E-state index contributed by atoms with van der Waals surface area (Å²) in [6.07, 6.45) is 2.25. The molecule has 0 aliphatic heterocycles. The summed E-state index contributed by atoms with van der Waals surface area (Å²) >= 11 is 1.42. The third-order valence-electron chi connectivity index (χ3n) is 3.16. The van der Waals surface area contributed by atoms with Gasteiger partial charge in [0, 0.05) is 34.7 Å². The van der Waals surface area contributed by atoms with Crippen LogP contribution in [0.5, 0.6) is 5.75 Å². The normalized spacial score (nSPS) is 11.4. The monoisotopic (exact) mass is 330 g/mol. The van der Waals surface area contributed by atoms with Crippen LogP contribution in [-0.4, -0.2) is 30.8 Å². The lowest BCUT2D eigenvalue weighted by molar-refractivity contribution is -0.117. The largest absolute Gasteiger partial charge is 0.507 e. The standard InChI is InChI=1S/C17H18N2O3S/c1-2-22-8-4-7-19-17(21)12(11-18)9-13-10-14-15(20)5-3-6-16(14)23-13/h3,5-6,9-10,20H,2,4,7-8H2,1H3,(H,19,21)/b12-9-. The van der Waals surface area contributed by atoms with Gasteiger partial charge in [-0.1, -0.05) is 6.07 Å². The first-order valence-corrected chi connectivity index (χ1v) is 8.16. The minimum Gasteiger partial charge on any atom is -0.507 e. The Kier molecular flexibility index (Phi) is 6.15. The van der Waals surface area contributed by atoms with E-state index >= 15 is 0 Å². The van der Waals surface area contributed by atoms with Crippen molar-refractivity contribution in [3.8, 4) is 11.8 Å². The molecule has 0 unspecified atom stereocenters. The summed E-state index contributed by atoms with van der Waals surface area (Å²) in [6, 6.07) is 8.95. The van der Waals surface area contributed by atoms with E-state index in [-0.39, 0.29) is 11.3 Å². The van der Waals surface area contributed by atoms with Gasteiger partial charge in [0.2, 0.25) is 0 Å². The Bertz CT molecular complexity index is 759. The summed E-state index contributed by atoms with van der Waals surface area (Å²) in [6.45, 7) is 3.61. The van der Waals surface area contributed by atoms with E-state index in [2.05, 4.69) is 5.32 Å². The smallest absolute Gasteiger partial charge is 0.261 e.